The van der Waals surface area contributed by atoms with E-state index < -0.39 is 0 Å². The van der Waals surface area contributed by atoms with Crippen LogP contribution in [0.15, 0.2) is 59.2 Å². The fraction of sp³-hybridized carbons (Fsp3) is 0.125. The maximum Gasteiger partial charge on any atom is 0.296 e. The molecule has 2 heterocycles. The van der Waals surface area contributed by atoms with Gasteiger partial charge in [-0.2, -0.15) is 4.99 Å². The van der Waals surface area contributed by atoms with Crippen LogP contribution in [-0.4, -0.2) is 15.0 Å². The molecule has 0 radical (unpaired) electrons. The van der Waals surface area contributed by atoms with E-state index in [2.05, 4.69) is 4.99 Å². The van der Waals surface area contributed by atoms with Gasteiger partial charge in [-0.3, -0.25) is 4.79 Å². The van der Waals surface area contributed by atoms with Crippen LogP contribution in [0.4, 0.5) is 4.39 Å². The maximum absolute atomic E-state index is 13.7. The Bertz CT molecular complexity index is 875. The Hall–Kier alpha value is -2.47. The first kappa shape index (κ1) is 14.5. The number of thiazole rings is 1. The molecule has 0 saturated heterocycles. The van der Waals surface area contributed by atoms with Crippen LogP contribution in [-0.2, 0) is 13.6 Å². The number of hydrogen-bond donors (Lipinski definition) is 0. The van der Waals surface area contributed by atoms with E-state index >= 15 is 0 Å². The smallest absolute Gasteiger partial charge is 0.296 e. The van der Waals surface area contributed by atoms with E-state index in [0.717, 1.165) is 0 Å². The number of carbonyl (C=O) groups excluding carboxylic acids is 1. The predicted octanol–water partition coefficient (Wildman–Crippen LogP) is 2.82. The minimum Gasteiger partial charge on any atom is -0.347 e. The average molecular weight is 315 g/mol. The minimum absolute atomic E-state index is 0.263. The van der Waals surface area contributed by atoms with E-state index in [4.69, 9.17) is 0 Å². The van der Waals surface area contributed by atoms with Crippen molar-refractivity contribution in [3.8, 4) is 0 Å². The number of benzene rings is 1. The molecule has 0 spiro atoms. The lowest BCUT2D eigenvalue weighted by Gasteiger charge is -2.04. The van der Waals surface area contributed by atoms with Gasteiger partial charge in [0.1, 0.15) is 11.5 Å². The SMILES string of the molecule is Cn1cccc1C(=O)N=c1sccn1Cc1ccccc1F. The first-order valence-corrected chi connectivity index (χ1v) is 7.61. The number of carbonyl (C=O) groups is 1. The predicted molar refractivity (Wildman–Crippen MR) is 83.1 cm³/mol. The lowest BCUT2D eigenvalue weighted by Crippen LogP contribution is -2.18. The Balaban J connectivity index is 1.92. The summed E-state index contributed by atoms with van der Waals surface area (Å²) in [5, 5.41) is 1.83. The van der Waals surface area contributed by atoms with Crippen LogP contribution in [0.2, 0.25) is 0 Å². The lowest BCUT2D eigenvalue weighted by molar-refractivity contribution is 0.0990. The molecule has 0 aliphatic carbocycles. The summed E-state index contributed by atoms with van der Waals surface area (Å²) in [5.74, 6) is -0.571. The van der Waals surface area contributed by atoms with Gasteiger partial charge in [0, 0.05) is 30.4 Å². The topological polar surface area (TPSA) is 39.3 Å². The van der Waals surface area contributed by atoms with E-state index in [1.165, 1.54) is 17.4 Å². The Labute approximate surface area is 130 Å². The van der Waals surface area contributed by atoms with Crippen molar-refractivity contribution in [2.75, 3.05) is 0 Å². The largest absolute Gasteiger partial charge is 0.347 e. The van der Waals surface area contributed by atoms with Gasteiger partial charge >= 0.3 is 0 Å². The fourth-order valence-corrected chi connectivity index (χ4v) is 2.87. The summed E-state index contributed by atoms with van der Waals surface area (Å²) in [4.78, 5) is 16.9. The van der Waals surface area contributed by atoms with Crippen LogP contribution in [0.5, 0.6) is 0 Å². The number of rotatable bonds is 3. The van der Waals surface area contributed by atoms with Gasteiger partial charge in [0.2, 0.25) is 0 Å². The van der Waals surface area contributed by atoms with Crippen LogP contribution in [0.3, 0.4) is 0 Å². The Kier molecular flexibility index (Phi) is 4.02. The van der Waals surface area contributed by atoms with Crippen LogP contribution in [0, 0.1) is 5.82 Å². The standard InChI is InChI=1S/C16H14FN3OS/c1-19-8-4-7-14(19)15(21)18-16-20(9-10-22-16)11-12-5-2-3-6-13(12)17/h2-10H,11H2,1H3. The average Bonchev–Trinajstić information content (AvgIpc) is 3.11. The van der Waals surface area contributed by atoms with Crippen molar-refractivity contribution in [3.63, 3.8) is 0 Å². The minimum atomic E-state index is -0.308. The number of halogens is 1. The zero-order valence-electron chi connectivity index (χ0n) is 11.9. The summed E-state index contributed by atoms with van der Waals surface area (Å²) < 4.78 is 17.2. The molecule has 0 fully saturated rings. The fourth-order valence-electron chi connectivity index (χ4n) is 2.14. The highest BCUT2D eigenvalue weighted by molar-refractivity contribution is 7.07. The summed E-state index contributed by atoms with van der Waals surface area (Å²) in [6.45, 7) is 0.343. The van der Waals surface area contributed by atoms with Gasteiger partial charge in [-0.05, 0) is 18.2 Å². The van der Waals surface area contributed by atoms with Crippen molar-refractivity contribution >= 4 is 17.2 Å². The number of nitrogens with zero attached hydrogens (tertiary/aromatic N) is 3. The molecule has 3 rings (SSSR count). The summed E-state index contributed by atoms with van der Waals surface area (Å²) in [7, 11) is 1.80. The number of hydrogen-bond acceptors (Lipinski definition) is 2. The highest BCUT2D eigenvalue weighted by atomic mass is 32.1. The van der Waals surface area contributed by atoms with Crippen molar-refractivity contribution in [3.05, 3.63) is 76.0 Å². The van der Waals surface area contributed by atoms with Crippen molar-refractivity contribution in [1.29, 1.82) is 0 Å². The molecule has 2 aromatic heterocycles. The molecule has 0 aliphatic rings. The monoisotopic (exact) mass is 315 g/mol. The van der Waals surface area contributed by atoms with Crippen molar-refractivity contribution in [1.82, 2.24) is 9.13 Å². The Morgan fingerprint density at radius 2 is 2.05 bits per heavy atom. The highest BCUT2D eigenvalue weighted by Crippen LogP contribution is 2.08. The molecule has 0 saturated carbocycles. The van der Waals surface area contributed by atoms with Crippen LogP contribution in [0.1, 0.15) is 16.1 Å². The third-order valence-electron chi connectivity index (χ3n) is 3.32. The van der Waals surface area contributed by atoms with Gasteiger partial charge in [-0.25, -0.2) is 4.39 Å². The van der Waals surface area contributed by atoms with E-state index in [0.29, 0.717) is 22.6 Å². The van der Waals surface area contributed by atoms with Crippen molar-refractivity contribution in [2.24, 2.45) is 12.0 Å². The van der Waals surface area contributed by atoms with Crippen molar-refractivity contribution in [2.45, 2.75) is 6.54 Å². The number of amides is 1. The Morgan fingerprint density at radius 1 is 1.23 bits per heavy atom. The molecule has 1 aromatic carbocycles. The quantitative estimate of drug-likeness (QED) is 0.732. The van der Waals surface area contributed by atoms with Gasteiger partial charge in [-0.15, -0.1) is 11.3 Å². The molecule has 0 N–H and O–H groups in total. The van der Waals surface area contributed by atoms with E-state index in [-0.39, 0.29) is 11.7 Å². The zero-order chi connectivity index (χ0) is 15.5. The summed E-state index contributed by atoms with van der Waals surface area (Å²) in [6, 6.07) is 10.1. The van der Waals surface area contributed by atoms with Gasteiger partial charge in [0.05, 0.1) is 6.54 Å². The van der Waals surface area contributed by atoms with Crippen molar-refractivity contribution < 1.29 is 9.18 Å². The number of aromatic nitrogens is 2. The highest BCUT2D eigenvalue weighted by Gasteiger charge is 2.09. The van der Waals surface area contributed by atoms with Gasteiger partial charge in [0.25, 0.3) is 5.91 Å². The normalized spacial score (nSPS) is 11.8. The molecule has 6 heteroatoms. The Morgan fingerprint density at radius 3 is 2.77 bits per heavy atom. The first-order chi connectivity index (χ1) is 10.6. The molecule has 22 heavy (non-hydrogen) atoms. The third kappa shape index (κ3) is 2.92. The van der Waals surface area contributed by atoms with Crippen LogP contribution in [0.25, 0.3) is 0 Å². The molecule has 0 aliphatic heterocycles. The van der Waals surface area contributed by atoms with Gasteiger partial charge in [-0.1, -0.05) is 18.2 Å². The van der Waals surface area contributed by atoms with E-state index in [1.54, 1.807) is 58.9 Å². The zero-order valence-corrected chi connectivity index (χ0v) is 12.8. The third-order valence-corrected chi connectivity index (χ3v) is 4.11. The van der Waals surface area contributed by atoms with Crippen LogP contribution >= 0.6 is 11.3 Å². The van der Waals surface area contributed by atoms with Gasteiger partial charge < -0.3 is 9.13 Å². The second kappa shape index (κ2) is 6.11. The molecule has 3 aromatic rings. The van der Waals surface area contributed by atoms with E-state index in [1.807, 2.05) is 5.38 Å². The number of aryl methyl sites for hydroxylation is 1. The summed E-state index contributed by atoms with van der Waals surface area (Å²) >= 11 is 1.35. The molecule has 0 bridgehead atoms. The molecule has 0 atom stereocenters. The molecule has 1 amide bonds. The molecular formula is C16H14FN3OS. The first-order valence-electron chi connectivity index (χ1n) is 6.73. The van der Waals surface area contributed by atoms with Crippen LogP contribution < -0.4 is 4.80 Å². The second-order valence-electron chi connectivity index (χ2n) is 4.83. The maximum atomic E-state index is 13.7. The van der Waals surface area contributed by atoms with E-state index in [9.17, 15) is 9.18 Å². The summed E-state index contributed by atoms with van der Waals surface area (Å²) in [6.07, 6.45) is 3.60. The second-order valence-corrected chi connectivity index (χ2v) is 5.70. The summed E-state index contributed by atoms with van der Waals surface area (Å²) in [5.41, 5.74) is 1.08. The lowest BCUT2D eigenvalue weighted by atomic mass is 10.2. The molecule has 112 valence electrons. The molecule has 4 nitrogen and oxygen atoms in total. The van der Waals surface area contributed by atoms with Gasteiger partial charge in [0.15, 0.2) is 4.80 Å². The molecular weight excluding hydrogens is 301 g/mol. The molecule has 0 unspecified atom stereocenters.